The number of benzene rings is 1. The molecule has 0 aliphatic heterocycles. The van der Waals surface area contributed by atoms with Crippen LogP contribution in [0.4, 0.5) is 4.39 Å². The molecule has 6 nitrogen and oxygen atoms in total. The lowest BCUT2D eigenvalue weighted by Gasteiger charge is -2.56. The highest BCUT2D eigenvalue weighted by atomic mass is 19.1. The van der Waals surface area contributed by atoms with E-state index in [1.54, 1.807) is 18.2 Å². The summed E-state index contributed by atoms with van der Waals surface area (Å²) in [4.78, 5) is 31.0. The van der Waals surface area contributed by atoms with Crippen molar-refractivity contribution in [1.29, 1.82) is 0 Å². The van der Waals surface area contributed by atoms with Crippen LogP contribution in [0.3, 0.4) is 0 Å². The molecule has 4 bridgehead atoms. The second-order valence-electron chi connectivity index (χ2n) is 9.39. The van der Waals surface area contributed by atoms with E-state index in [0.29, 0.717) is 12.1 Å². The minimum absolute atomic E-state index is 0.0650. The number of hydrogen-bond acceptors (Lipinski definition) is 4. The van der Waals surface area contributed by atoms with Crippen molar-refractivity contribution < 1.29 is 13.9 Å². The fourth-order valence-electron chi connectivity index (χ4n) is 6.21. The molecule has 7 heteroatoms. The standard InChI is InChI=1S/C23H26FN3O3/c24-18-3-1-14(2-4-18)8-19-9-21(26-22(29)25-19)30-13-20(28)27-23-10-15-5-16(11-23)7-17(6-15)12-23/h1-4,9,15-17H,5-8,10-13H2,(H,27,28)(H,25,26,29). The minimum Gasteiger partial charge on any atom is -0.467 e. The van der Waals surface area contributed by atoms with Crippen LogP contribution in [0.5, 0.6) is 5.88 Å². The molecule has 0 unspecified atom stereocenters. The van der Waals surface area contributed by atoms with Gasteiger partial charge in [0.2, 0.25) is 5.88 Å². The Morgan fingerprint density at radius 3 is 2.40 bits per heavy atom. The third kappa shape index (κ3) is 4.11. The van der Waals surface area contributed by atoms with Gasteiger partial charge in [0.25, 0.3) is 5.91 Å². The Morgan fingerprint density at radius 1 is 1.13 bits per heavy atom. The zero-order valence-corrected chi connectivity index (χ0v) is 16.8. The molecule has 30 heavy (non-hydrogen) atoms. The van der Waals surface area contributed by atoms with Gasteiger partial charge in [-0.25, -0.2) is 9.18 Å². The van der Waals surface area contributed by atoms with E-state index in [9.17, 15) is 14.0 Å². The number of carbonyl (C=O) groups is 1. The normalized spacial score (nSPS) is 29.0. The number of carbonyl (C=O) groups excluding carboxylic acids is 1. The van der Waals surface area contributed by atoms with Crippen molar-refractivity contribution in [3.8, 4) is 5.88 Å². The molecule has 0 atom stereocenters. The Kier molecular flexibility index (Phi) is 4.83. The molecular weight excluding hydrogens is 385 g/mol. The molecule has 1 heterocycles. The van der Waals surface area contributed by atoms with Crippen LogP contribution in [0, 0.1) is 23.6 Å². The molecule has 0 saturated heterocycles. The number of amides is 1. The summed E-state index contributed by atoms with van der Waals surface area (Å²) in [5.41, 5.74) is 0.845. The number of ether oxygens (including phenoxy) is 1. The highest BCUT2D eigenvalue weighted by molar-refractivity contribution is 5.78. The van der Waals surface area contributed by atoms with Gasteiger partial charge in [-0.3, -0.25) is 4.79 Å². The molecule has 2 aromatic rings. The zero-order valence-electron chi connectivity index (χ0n) is 16.8. The summed E-state index contributed by atoms with van der Waals surface area (Å²) in [5, 5.41) is 3.26. The van der Waals surface area contributed by atoms with Gasteiger partial charge in [-0.2, -0.15) is 4.98 Å². The monoisotopic (exact) mass is 411 g/mol. The van der Waals surface area contributed by atoms with Gasteiger partial charge in [0.15, 0.2) is 6.61 Å². The fourth-order valence-corrected chi connectivity index (χ4v) is 6.21. The maximum Gasteiger partial charge on any atom is 0.348 e. The first-order valence-corrected chi connectivity index (χ1v) is 10.7. The third-order valence-corrected chi connectivity index (χ3v) is 6.88. The number of nitrogens with zero attached hydrogens (tertiary/aromatic N) is 1. The Bertz CT molecular complexity index is 966. The van der Waals surface area contributed by atoms with Crippen molar-refractivity contribution in [2.75, 3.05) is 6.61 Å². The van der Waals surface area contributed by atoms with E-state index in [4.69, 9.17) is 4.74 Å². The molecule has 1 aromatic carbocycles. The summed E-state index contributed by atoms with van der Waals surface area (Å²) < 4.78 is 18.6. The van der Waals surface area contributed by atoms with Crippen molar-refractivity contribution in [2.45, 2.75) is 50.5 Å². The third-order valence-electron chi connectivity index (χ3n) is 6.88. The van der Waals surface area contributed by atoms with Crippen LogP contribution in [0.1, 0.15) is 49.8 Å². The van der Waals surface area contributed by atoms with E-state index in [-0.39, 0.29) is 29.8 Å². The van der Waals surface area contributed by atoms with E-state index in [2.05, 4.69) is 15.3 Å². The van der Waals surface area contributed by atoms with Crippen molar-refractivity contribution in [1.82, 2.24) is 15.3 Å². The lowest BCUT2D eigenvalue weighted by molar-refractivity contribution is -0.128. The average molecular weight is 411 g/mol. The molecule has 1 amide bonds. The Labute approximate surface area is 174 Å². The van der Waals surface area contributed by atoms with Gasteiger partial charge in [0, 0.05) is 23.7 Å². The van der Waals surface area contributed by atoms with Crippen molar-refractivity contribution in [3.63, 3.8) is 0 Å². The summed E-state index contributed by atoms with van der Waals surface area (Å²) >= 11 is 0. The molecule has 4 fully saturated rings. The average Bonchev–Trinajstić information content (AvgIpc) is 2.66. The van der Waals surface area contributed by atoms with Crippen LogP contribution < -0.4 is 15.7 Å². The van der Waals surface area contributed by atoms with E-state index in [1.807, 2.05) is 0 Å². The molecule has 6 rings (SSSR count). The second kappa shape index (κ2) is 7.52. The second-order valence-corrected chi connectivity index (χ2v) is 9.39. The van der Waals surface area contributed by atoms with Gasteiger partial charge in [-0.15, -0.1) is 0 Å². The van der Waals surface area contributed by atoms with Gasteiger partial charge in [-0.05, 0) is 74.0 Å². The number of nitrogens with one attached hydrogen (secondary N) is 2. The maximum absolute atomic E-state index is 13.1. The highest BCUT2D eigenvalue weighted by Gasteiger charge is 2.51. The van der Waals surface area contributed by atoms with Crippen molar-refractivity contribution in [3.05, 3.63) is 57.9 Å². The highest BCUT2D eigenvalue weighted by Crippen LogP contribution is 2.55. The number of aromatic nitrogens is 2. The number of aromatic amines is 1. The first-order chi connectivity index (χ1) is 14.4. The predicted octanol–water partition coefficient (Wildman–Crippen LogP) is 2.96. The smallest absolute Gasteiger partial charge is 0.348 e. The minimum atomic E-state index is -0.536. The van der Waals surface area contributed by atoms with Crippen LogP contribution in [0.2, 0.25) is 0 Å². The summed E-state index contributed by atoms with van der Waals surface area (Å²) in [6.45, 7) is -0.159. The Morgan fingerprint density at radius 2 is 1.77 bits per heavy atom. The predicted molar refractivity (Wildman–Crippen MR) is 109 cm³/mol. The lowest BCUT2D eigenvalue weighted by Crippen LogP contribution is -2.60. The number of H-pyrrole nitrogens is 1. The molecule has 158 valence electrons. The summed E-state index contributed by atoms with van der Waals surface area (Å²) in [5.74, 6) is 1.91. The lowest BCUT2D eigenvalue weighted by atomic mass is 9.53. The van der Waals surface area contributed by atoms with Gasteiger partial charge in [0.1, 0.15) is 5.82 Å². The molecule has 4 aliphatic carbocycles. The van der Waals surface area contributed by atoms with Crippen molar-refractivity contribution in [2.24, 2.45) is 17.8 Å². The fraction of sp³-hybridized carbons (Fsp3) is 0.522. The topological polar surface area (TPSA) is 84.1 Å². The van der Waals surface area contributed by atoms with Crippen molar-refractivity contribution >= 4 is 5.91 Å². The summed E-state index contributed by atoms with van der Waals surface area (Å²) in [7, 11) is 0. The van der Waals surface area contributed by atoms with Crippen LogP contribution in [0.25, 0.3) is 0 Å². The first kappa shape index (κ1) is 19.3. The van der Waals surface area contributed by atoms with Gasteiger partial charge >= 0.3 is 5.69 Å². The molecule has 0 spiro atoms. The van der Waals surface area contributed by atoms with Gasteiger partial charge in [0.05, 0.1) is 0 Å². The van der Waals surface area contributed by atoms with Gasteiger partial charge < -0.3 is 15.0 Å². The van der Waals surface area contributed by atoms with E-state index in [0.717, 1.165) is 42.6 Å². The van der Waals surface area contributed by atoms with Crippen LogP contribution >= 0.6 is 0 Å². The molecule has 2 N–H and O–H groups in total. The SMILES string of the molecule is O=C(COc1cc(Cc2ccc(F)cc2)[nH]c(=O)n1)NC12CC3CC(CC(C3)C1)C2. The number of hydrogen-bond donors (Lipinski definition) is 2. The molecule has 1 aromatic heterocycles. The molecule has 4 aliphatic rings. The summed E-state index contributed by atoms with van der Waals surface area (Å²) in [6, 6.07) is 7.69. The van der Waals surface area contributed by atoms with E-state index in [1.165, 1.54) is 31.4 Å². The van der Waals surface area contributed by atoms with Crippen LogP contribution in [0.15, 0.2) is 35.1 Å². The zero-order chi connectivity index (χ0) is 20.7. The Balaban J connectivity index is 1.21. The number of rotatable bonds is 6. The summed E-state index contributed by atoms with van der Waals surface area (Å²) in [6.07, 6.45) is 7.60. The Hall–Kier alpha value is -2.70. The maximum atomic E-state index is 13.1. The van der Waals surface area contributed by atoms with Crippen LogP contribution in [-0.2, 0) is 11.2 Å². The number of halogens is 1. The van der Waals surface area contributed by atoms with E-state index < -0.39 is 5.69 Å². The van der Waals surface area contributed by atoms with E-state index >= 15 is 0 Å². The first-order valence-electron chi connectivity index (χ1n) is 10.7. The quantitative estimate of drug-likeness (QED) is 0.766. The molecular formula is C23H26FN3O3. The largest absolute Gasteiger partial charge is 0.467 e. The molecule has 4 saturated carbocycles. The molecule has 0 radical (unpaired) electrons. The van der Waals surface area contributed by atoms with Gasteiger partial charge in [-0.1, -0.05) is 12.1 Å². The van der Waals surface area contributed by atoms with Crippen LogP contribution in [-0.4, -0.2) is 28.0 Å².